The highest BCUT2D eigenvalue weighted by Crippen LogP contribution is 2.19. The molecule has 0 spiro atoms. The standard InChI is InChI=1S/C15H20N2O3/c1-10(14(18)16-12-7-8-12)20-15(19)11-5-4-6-13(9-11)17(2)3/h4-6,9-10,12H,7-8H2,1-3H3,(H,16,18)/t10-/m0/s1. The Hall–Kier alpha value is -2.04. The van der Waals surface area contributed by atoms with E-state index in [0.717, 1.165) is 18.5 Å². The Balaban J connectivity index is 1.96. The Morgan fingerprint density at radius 2 is 2.05 bits per heavy atom. The van der Waals surface area contributed by atoms with Gasteiger partial charge in [0.2, 0.25) is 0 Å². The maximum atomic E-state index is 12.0. The summed E-state index contributed by atoms with van der Waals surface area (Å²) in [6.07, 6.45) is 1.25. The summed E-state index contributed by atoms with van der Waals surface area (Å²) in [5.74, 6) is -0.711. The van der Waals surface area contributed by atoms with Crippen molar-refractivity contribution in [3.63, 3.8) is 0 Å². The van der Waals surface area contributed by atoms with Gasteiger partial charge < -0.3 is 15.0 Å². The molecule has 108 valence electrons. The first-order valence-electron chi connectivity index (χ1n) is 6.76. The fourth-order valence-corrected chi connectivity index (χ4v) is 1.74. The smallest absolute Gasteiger partial charge is 0.338 e. The molecule has 1 fully saturated rings. The van der Waals surface area contributed by atoms with Crippen LogP contribution in [0.25, 0.3) is 0 Å². The molecule has 5 nitrogen and oxygen atoms in total. The van der Waals surface area contributed by atoms with E-state index < -0.39 is 12.1 Å². The van der Waals surface area contributed by atoms with Crippen LogP contribution in [0, 0.1) is 0 Å². The zero-order valence-corrected chi connectivity index (χ0v) is 12.1. The number of nitrogens with one attached hydrogen (secondary N) is 1. The van der Waals surface area contributed by atoms with Crippen LogP contribution in [0.3, 0.4) is 0 Å². The molecule has 1 aliphatic rings. The molecule has 0 heterocycles. The summed E-state index contributed by atoms with van der Waals surface area (Å²) in [7, 11) is 3.80. The molecule has 0 radical (unpaired) electrons. The number of carbonyl (C=O) groups is 2. The van der Waals surface area contributed by atoms with E-state index in [1.165, 1.54) is 0 Å². The minimum absolute atomic E-state index is 0.232. The average Bonchev–Trinajstić information content (AvgIpc) is 3.22. The first-order valence-corrected chi connectivity index (χ1v) is 6.76. The van der Waals surface area contributed by atoms with Gasteiger partial charge in [-0.15, -0.1) is 0 Å². The molecule has 20 heavy (non-hydrogen) atoms. The number of carbonyl (C=O) groups excluding carboxylic acids is 2. The van der Waals surface area contributed by atoms with E-state index in [-0.39, 0.29) is 11.9 Å². The molecular formula is C15H20N2O3. The molecule has 0 unspecified atom stereocenters. The molecule has 1 amide bonds. The highest BCUT2D eigenvalue weighted by molar-refractivity contribution is 5.93. The summed E-state index contributed by atoms with van der Waals surface area (Å²) in [6.45, 7) is 1.59. The predicted octanol–water partition coefficient (Wildman–Crippen LogP) is 1.58. The van der Waals surface area contributed by atoms with Crippen molar-refractivity contribution < 1.29 is 14.3 Å². The molecule has 2 rings (SSSR count). The number of ether oxygens (including phenoxy) is 1. The maximum absolute atomic E-state index is 12.0. The van der Waals surface area contributed by atoms with E-state index in [2.05, 4.69) is 5.32 Å². The van der Waals surface area contributed by atoms with E-state index in [1.54, 1.807) is 25.1 Å². The third-order valence-electron chi connectivity index (χ3n) is 3.18. The average molecular weight is 276 g/mol. The quantitative estimate of drug-likeness (QED) is 0.829. The summed E-state index contributed by atoms with van der Waals surface area (Å²) in [4.78, 5) is 25.7. The monoisotopic (exact) mass is 276 g/mol. The number of esters is 1. The van der Waals surface area contributed by atoms with Crippen LogP contribution in [-0.4, -0.2) is 38.1 Å². The molecule has 1 aliphatic carbocycles. The zero-order valence-electron chi connectivity index (χ0n) is 12.1. The number of rotatable bonds is 5. The Morgan fingerprint density at radius 1 is 1.35 bits per heavy atom. The van der Waals surface area contributed by atoms with Crippen molar-refractivity contribution >= 4 is 17.6 Å². The number of hydrogen-bond acceptors (Lipinski definition) is 4. The largest absolute Gasteiger partial charge is 0.449 e. The third-order valence-corrected chi connectivity index (χ3v) is 3.18. The van der Waals surface area contributed by atoms with Gasteiger partial charge in [0.25, 0.3) is 5.91 Å². The van der Waals surface area contributed by atoms with Gasteiger partial charge in [0.1, 0.15) is 0 Å². The van der Waals surface area contributed by atoms with Crippen LogP contribution in [0.1, 0.15) is 30.1 Å². The van der Waals surface area contributed by atoms with Crippen molar-refractivity contribution in [2.45, 2.75) is 31.9 Å². The summed E-state index contributed by atoms with van der Waals surface area (Å²) < 4.78 is 5.19. The Morgan fingerprint density at radius 3 is 2.65 bits per heavy atom. The van der Waals surface area contributed by atoms with Crippen molar-refractivity contribution in [2.24, 2.45) is 0 Å². The number of amides is 1. The number of hydrogen-bond donors (Lipinski definition) is 1. The molecule has 1 N–H and O–H groups in total. The predicted molar refractivity (Wildman–Crippen MR) is 76.8 cm³/mol. The lowest BCUT2D eigenvalue weighted by Gasteiger charge is -2.15. The van der Waals surface area contributed by atoms with Gasteiger partial charge in [-0.3, -0.25) is 4.79 Å². The van der Waals surface area contributed by atoms with Gasteiger partial charge in [-0.25, -0.2) is 4.79 Å². The Labute approximate surface area is 118 Å². The molecule has 1 atom stereocenters. The lowest BCUT2D eigenvalue weighted by Crippen LogP contribution is -2.37. The summed E-state index contributed by atoms with van der Waals surface area (Å²) in [6, 6.07) is 7.39. The highest BCUT2D eigenvalue weighted by Gasteiger charge is 2.27. The fourth-order valence-electron chi connectivity index (χ4n) is 1.74. The van der Waals surface area contributed by atoms with E-state index in [0.29, 0.717) is 5.56 Å². The van der Waals surface area contributed by atoms with Gasteiger partial charge >= 0.3 is 5.97 Å². The van der Waals surface area contributed by atoms with Crippen molar-refractivity contribution in [1.29, 1.82) is 0 Å². The van der Waals surface area contributed by atoms with Crippen molar-refractivity contribution in [2.75, 3.05) is 19.0 Å². The van der Waals surface area contributed by atoms with Gasteiger partial charge in [0.15, 0.2) is 6.10 Å². The first kappa shape index (κ1) is 14.4. The number of nitrogens with zero attached hydrogens (tertiary/aromatic N) is 1. The third kappa shape index (κ3) is 3.73. The van der Waals surface area contributed by atoms with Crippen LogP contribution >= 0.6 is 0 Å². The SMILES string of the molecule is C[C@H](OC(=O)c1cccc(N(C)C)c1)C(=O)NC1CC1. The van der Waals surface area contributed by atoms with E-state index >= 15 is 0 Å². The lowest BCUT2D eigenvalue weighted by atomic mass is 10.2. The van der Waals surface area contributed by atoms with E-state index in [1.807, 2.05) is 25.1 Å². The summed E-state index contributed by atoms with van der Waals surface area (Å²) >= 11 is 0. The minimum Gasteiger partial charge on any atom is -0.449 e. The molecule has 1 aromatic rings. The highest BCUT2D eigenvalue weighted by atomic mass is 16.5. The lowest BCUT2D eigenvalue weighted by molar-refractivity contribution is -0.129. The molecule has 5 heteroatoms. The second-order valence-corrected chi connectivity index (χ2v) is 5.28. The van der Waals surface area contributed by atoms with Crippen LogP contribution < -0.4 is 10.2 Å². The van der Waals surface area contributed by atoms with Gasteiger partial charge in [0, 0.05) is 25.8 Å². The second kappa shape index (κ2) is 5.94. The van der Waals surface area contributed by atoms with Crippen LogP contribution in [0.15, 0.2) is 24.3 Å². The Bertz CT molecular complexity index is 510. The van der Waals surface area contributed by atoms with E-state index in [4.69, 9.17) is 4.74 Å². The second-order valence-electron chi connectivity index (χ2n) is 5.28. The van der Waals surface area contributed by atoms with Crippen LogP contribution in [0.2, 0.25) is 0 Å². The van der Waals surface area contributed by atoms with Gasteiger partial charge in [-0.1, -0.05) is 6.07 Å². The van der Waals surface area contributed by atoms with Crippen molar-refractivity contribution in [3.05, 3.63) is 29.8 Å². The topological polar surface area (TPSA) is 58.6 Å². The first-order chi connectivity index (χ1) is 9.47. The van der Waals surface area contributed by atoms with E-state index in [9.17, 15) is 9.59 Å². The molecule has 1 aromatic carbocycles. The molecule has 0 aromatic heterocycles. The zero-order chi connectivity index (χ0) is 14.7. The summed E-state index contributed by atoms with van der Waals surface area (Å²) in [5.41, 5.74) is 1.36. The van der Waals surface area contributed by atoms with Crippen LogP contribution in [-0.2, 0) is 9.53 Å². The van der Waals surface area contributed by atoms with Crippen molar-refractivity contribution in [3.8, 4) is 0 Å². The number of anilines is 1. The molecule has 0 saturated heterocycles. The molecular weight excluding hydrogens is 256 g/mol. The normalized spacial score (nSPS) is 15.3. The minimum atomic E-state index is -0.772. The van der Waals surface area contributed by atoms with Gasteiger partial charge in [0.05, 0.1) is 5.56 Å². The Kier molecular flexibility index (Phi) is 4.27. The molecule has 0 bridgehead atoms. The number of benzene rings is 1. The molecule has 0 aliphatic heterocycles. The fraction of sp³-hybridized carbons (Fsp3) is 0.467. The van der Waals surface area contributed by atoms with Crippen molar-refractivity contribution in [1.82, 2.24) is 5.32 Å². The molecule has 1 saturated carbocycles. The van der Waals surface area contributed by atoms with Crippen LogP contribution in [0.5, 0.6) is 0 Å². The van der Waals surface area contributed by atoms with Gasteiger partial charge in [-0.05, 0) is 38.0 Å². The van der Waals surface area contributed by atoms with Crippen LogP contribution in [0.4, 0.5) is 5.69 Å². The summed E-state index contributed by atoms with van der Waals surface area (Å²) in [5, 5.41) is 2.82. The van der Waals surface area contributed by atoms with Gasteiger partial charge in [-0.2, -0.15) is 0 Å². The maximum Gasteiger partial charge on any atom is 0.338 e.